The highest BCUT2D eigenvalue weighted by Gasteiger charge is 2.52. The van der Waals surface area contributed by atoms with Crippen molar-refractivity contribution in [3.05, 3.63) is 161 Å². The number of carbonyl (C=O) groups excluding carboxylic acids is 4. The maximum absolute atomic E-state index is 14.0. The number of rotatable bonds is 11. The summed E-state index contributed by atoms with van der Waals surface area (Å²) in [6.45, 7) is 5.14. The highest BCUT2D eigenvalue weighted by atomic mass is 16.6. The molecule has 320 valence electrons. The van der Waals surface area contributed by atoms with Crippen LogP contribution in [0.2, 0.25) is 0 Å². The Morgan fingerprint density at radius 3 is 2.10 bits per heavy atom. The van der Waals surface area contributed by atoms with Crippen molar-refractivity contribution in [3.63, 3.8) is 0 Å². The lowest BCUT2D eigenvalue weighted by Gasteiger charge is -2.37. The maximum atomic E-state index is 14.0. The molecule has 5 aromatic carbocycles. The predicted molar refractivity (Wildman–Crippen MR) is 228 cm³/mol. The van der Waals surface area contributed by atoms with Crippen molar-refractivity contribution in [2.75, 3.05) is 11.9 Å². The third-order valence-electron chi connectivity index (χ3n) is 9.82. The quantitative estimate of drug-likeness (QED) is 0.0375. The van der Waals surface area contributed by atoms with Crippen molar-refractivity contribution in [1.29, 1.82) is 0 Å². The van der Waals surface area contributed by atoms with E-state index in [0.717, 1.165) is 22.3 Å². The molecule has 5 N–H and O–H groups in total. The molecule has 1 spiro atoms. The molecule has 2 aliphatic heterocycles. The van der Waals surface area contributed by atoms with Crippen LogP contribution in [0.1, 0.15) is 73.3 Å². The number of aliphatic hydroxyl groups excluding tert-OH is 1. The number of benzene rings is 5. The largest absolute Gasteiger partial charge is 0.456 e. The van der Waals surface area contributed by atoms with E-state index < -0.39 is 47.7 Å². The van der Waals surface area contributed by atoms with Gasteiger partial charge in [0, 0.05) is 40.6 Å². The molecular formula is C47H47N5O10. The normalized spacial score (nSPS) is 16.6. The van der Waals surface area contributed by atoms with Gasteiger partial charge in [0.15, 0.2) is 11.9 Å². The van der Waals surface area contributed by atoms with Gasteiger partial charge in [-0.3, -0.25) is 10.1 Å². The first-order valence-electron chi connectivity index (χ1n) is 20.1. The monoisotopic (exact) mass is 841 g/mol. The van der Waals surface area contributed by atoms with Crippen LogP contribution in [0.4, 0.5) is 20.1 Å². The maximum Gasteiger partial charge on any atom is 0.437 e. The second-order valence-electron chi connectivity index (χ2n) is 15.5. The van der Waals surface area contributed by atoms with Gasteiger partial charge >= 0.3 is 18.3 Å². The van der Waals surface area contributed by atoms with E-state index in [1.165, 1.54) is 0 Å². The minimum atomic E-state index is -1.18. The van der Waals surface area contributed by atoms with Gasteiger partial charge in [0.1, 0.15) is 36.4 Å². The number of ether oxygens (including phenoxy) is 5. The van der Waals surface area contributed by atoms with Crippen LogP contribution in [0.15, 0.2) is 132 Å². The first kappa shape index (κ1) is 42.9. The fraction of sp³-hybridized carbons (Fsp3) is 0.255. The van der Waals surface area contributed by atoms with Crippen molar-refractivity contribution in [1.82, 2.24) is 16.0 Å². The van der Waals surface area contributed by atoms with Gasteiger partial charge in [-0.2, -0.15) is 0 Å². The average molecular weight is 842 g/mol. The number of para-hydroxylation sites is 1. The van der Waals surface area contributed by atoms with Gasteiger partial charge in [-0.05, 0) is 62.9 Å². The van der Waals surface area contributed by atoms with Crippen LogP contribution in [0.5, 0.6) is 11.5 Å². The summed E-state index contributed by atoms with van der Waals surface area (Å²) < 4.78 is 28.8. The van der Waals surface area contributed by atoms with Crippen LogP contribution in [0.25, 0.3) is 0 Å². The number of anilines is 1. The fourth-order valence-electron chi connectivity index (χ4n) is 7.10. The molecule has 0 saturated carbocycles. The SMILES string of the molecule is CC(C)(C)OC(=O)NC(CCCN/C(=N/C(=O)OCc1ccccc1)NC(=O)OCc1ccccc1)C(=O)Nc1ccc2c(c1)Oc1ccccc1C21OC(O)c2ccccc21. The molecule has 62 heavy (non-hydrogen) atoms. The van der Waals surface area contributed by atoms with Crippen molar-refractivity contribution in [2.45, 2.75) is 70.4 Å². The van der Waals surface area contributed by atoms with Gasteiger partial charge in [0.2, 0.25) is 11.9 Å². The Labute approximate surface area is 358 Å². The van der Waals surface area contributed by atoms with Crippen LogP contribution < -0.4 is 26.0 Å². The van der Waals surface area contributed by atoms with E-state index in [0.29, 0.717) is 28.3 Å². The lowest BCUT2D eigenvalue weighted by atomic mass is 9.77. The number of aliphatic imine (C=N–C) groups is 1. The van der Waals surface area contributed by atoms with Crippen LogP contribution >= 0.6 is 0 Å². The van der Waals surface area contributed by atoms with Crippen LogP contribution in [-0.2, 0) is 42.6 Å². The molecule has 0 bridgehead atoms. The number of aliphatic hydroxyl groups is 1. The number of amides is 4. The summed E-state index contributed by atoms with van der Waals surface area (Å²) in [6.07, 6.45) is -3.50. The second-order valence-corrected chi connectivity index (χ2v) is 15.5. The van der Waals surface area contributed by atoms with E-state index in [4.69, 9.17) is 23.7 Å². The molecule has 4 amide bonds. The van der Waals surface area contributed by atoms with Gasteiger partial charge in [-0.15, -0.1) is 4.99 Å². The Morgan fingerprint density at radius 1 is 0.758 bits per heavy atom. The second kappa shape index (κ2) is 19.0. The minimum absolute atomic E-state index is 0.0269. The smallest absolute Gasteiger partial charge is 0.437 e. The van der Waals surface area contributed by atoms with Gasteiger partial charge in [0.25, 0.3) is 0 Å². The molecule has 5 aromatic rings. The number of carbonyl (C=O) groups is 4. The third kappa shape index (κ3) is 10.4. The zero-order valence-corrected chi connectivity index (χ0v) is 34.4. The molecule has 15 nitrogen and oxygen atoms in total. The fourth-order valence-corrected chi connectivity index (χ4v) is 7.10. The first-order valence-corrected chi connectivity index (χ1v) is 20.1. The zero-order chi connectivity index (χ0) is 43.7. The number of nitrogens with zero attached hydrogens (tertiary/aromatic N) is 1. The van der Waals surface area contributed by atoms with Crippen molar-refractivity contribution >= 4 is 35.8 Å². The molecule has 0 aromatic heterocycles. The number of alkyl carbamates (subject to hydrolysis) is 2. The minimum Gasteiger partial charge on any atom is -0.456 e. The molecular weight excluding hydrogens is 795 g/mol. The van der Waals surface area contributed by atoms with Gasteiger partial charge in [-0.1, -0.05) is 103 Å². The van der Waals surface area contributed by atoms with Gasteiger partial charge < -0.3 is 44.7 Å². The first-order chi connectivity index (χ1) is 29.9. The molecule has 3 unspecified atom stereocenters. The number of fused-ring (bicyclic) bond motifs is 6. The van der Waals surface area contributed by atoms with E-state index in [2.05, 4.69) is 26.3 Å². The number of nitrogens with one attached hydrogen (secondary N) is 4. The summed E-state index contributed by atoms with van der Waals surface area (Å²) in [5.41, 5.74) is 2.61. The summed E-state index contributed by atoms with van der Waals surface area (Å²) in [7, 11) is 0. The van der Waals surface area contributed by atoms with E-state index in [1.54, 1.807) is 63.2 Å². The lowest BCUT2D eigenvalue weighted by Crippen LogP contribution is -2.46. The Hall–Kier alpha value is -7.23. The Bertz CT molecular complexity index is 2440. The lowest BCUT2D eigenvalue weighted by molar-refractivity contribution is -0.142. The molecule has 2 heterocycles. The van der Waals surface area contributed by atoms with Crippen LogP contribution in [0.3, 0.4) is 0 Å². The van der Waals surface area contributed by atoms with E-state index in [1.807, 2.05) is 84.9 Å². The molecule has 0 radical (unpaired) electrons. The van der Waals surface area contributed by atoms with E-state index in [9.17, 15) is 24.3 Å². The molecule has 7 rings (SSSR count). The Balaban J connectivity index is 1.05. The average Bonchev–Trinajstić information content (AvgIpc) is 3.55. The van der Waals surface area contributed by atoms with E-state index in [-0.39, 0.29) is 38.6 Å². The Kier molecular flexibility index (Phi) is 13.1. The molecule has 0 saturated heterocycles. The number of guanidine groups is 1. The molecule has 0 aliphatic carbocycles. The summed E-state index contributed by atoms with van der Waals surface area (Å²) in [4.78, 5) is 56.4. The summed E-state index contributed by atoms with van der Waals surface area (Å²) >= 11 is 0. The zero-order valence-electron chi connectivity index (χ0n) is 34.4. The standard InChI is InChI=1S/C47H47N5O10/c1-46(2,3)62-45(57)50-37(22-14-26-48-42(51-43(55)58-28-30-15-6-4-7-16-30)52-44(56)59-29-31-17-8-5-9-18-31)40(53)49-32-24-25-36-39(27-32)60-38-23-13-12-21-35(38)47(36)34-20-11-10-19-33(34)41(54)61-47/h4-13,15-21,23-25,27,37,41,54H,14,22,26,28-29H2,1-3H3,(H,49,53)(H,50,57)(H2,48,51,52,55,56). The van der Waals surface area contributed by atoms with E-state index >= 15 is 0 Å². The predicted octanol–water partition coefficient (Wildman–Crippen LogP) is 7.93. The topological polar surface area (TPSA) is 195 Å². The third-order valence-corrected chi connectivity index (χ3v) is 9.82. The summed E-state index contributed by atoms with van der Waals surface area (Å²) in [6, 6.07) is 37.0. The van der Waals surface area contributed by atoms with Crippen molar-refractivity contribution in [2.24, 2.45) is 4.99 Å². The molecule has 15 heteroatoms. The summed E-state index contributed by atoms with van der Waals surface area (Å²) in [5, 5.41) is 21.9. The van der Waals surface area contributed by atoms with Crippen molar-refractivity contribution < 1.29 is 48.0 Å². The van der Waals surface area contributed by atoms with Gasteiger partial charge in [0.05, 0.1) is 0 Å². The highest BCUT2D eigenvalue weighted by Crippen LogP contribution is 2.58. The van der Waals surface area contributed by atoms with Crippen molar-refractivity contribution in [3.8, 4) is 11.5 Å². The van der Waals surface area contributed by atoms with Crippen LogP contribution in [0, 0.1) is 0 Å². The summed E-state index contributed by atoms with van der Waals surface area (Å²) in [5.74, 6) is 0.128. The molecule has 2 aliphatic rings. The van der Waals surface area contributed by atoms with Crippen LogP contribution in [-0.4, -0.2) is 53.4 Å². The Morgan fingerprint density at radius 2 is 1.39 bits per heavy atom. The molecule has 0 fully saturated rings. The number of hydrogen-bond acceptors (Lipinski definition) is 10. The molecule has 3 atom stereocenters. The number of hydrogen-bond donors (Lipinski definition) is 5. The van der Waals surface area contributed by atoms with Gasteiger partial charge in [-0.25, -0.2) is 14.4 Å². The highest BCUT2D eigenvalue weighted by molar-refractivity contribution is 5.99.